The molecule has 4 heteroatoms. The van der Waals surface area contributed by atoms with E-state index in [2.05, 4.69) is 16.5 Å². The lowest BCUT2D eigenvalue weighted by molar-refractivity contribution is 0.180. The van der Waals surface area contributed by atoms with Crippen LogP contribution in [0.5, 0.6) is 5.75 Å². The number of hydrogen-bond acceptors (Lipinski definition) is 3. The third-order valence-corrected chi connectivity index (χ3v) is 3.69. The van der Waals surface area contributed by atoms with Crippen LogP contribution in [-0.4, -0.2) is 14.7 Å². The number of aliphatic hydroxyl groups is 1. The second kappa shape index (κ2) is 5.05. The Balaban J connectivity index is 1.71. The molecule has 2 aromatic rings. The van der Waals surface area contributed by atoms with Crippen LogP contribution in [0.1, 0.15) is 36.3 Å². The summed E-state index contributed by atoms with van der Waals surface area (Å²) in [6, 6.07) is 5.94. The molecule has 0 bridgehead atoms. The van der Waals surface area contributed by atoms with Crippen LogP contribution in [0.3, 0.4) is 0 Å². The zero-order valence-electron chi connectivity index (χ0n) is 11.0. The summed E-state index contributed by atoms with van der Waals surface area (Å²) in [6.45, 7) is 3.51. The third kappa shape index (κ3) is 2.36. The van der Waals surface area contributed by atoms with Crippen LogP contribution >= 0.6 is 0 Å². The van der Waals surface area contributed by atoms with Gasteiger partial charge in [-0.05, 0) is 43.0 Å². The number of ether oxygens (including phenoxy) is 1. The van der Waals surface area contributed by atoms with Gasteiger partial charge < -0.3 is 14.4 Å². The fraction of sp³-hybridized carbons (Fsp3) is 0.400. The number of aryl methyl sites for hydroxylation is 2. The second-order valence-electron chi connectivity index (χ2n) is 4.87. The molecular weight excluding hydrogens is 240 g/mol. The maximum absolute atomic E-state index is 9.77. The first-order valence-corrected chi connectivity index (χ1v) is 6.70. The molecule has 19 heavy (non-hydrogen) atoms. The minimum Gasteiger partial charge on any atom is -0.487 e. The molecule has 0 aliphatic heterocycles. The Morgan fingerprint density at radius 1 is 1.47 bits per heavy atom. The van der Waals surface area contributed by atoms with Crippen molar-refractivity contribution in [2.24, 2.45) is 0 Å². The summed E-state index contributed by atoms with van der Waals surface area (Å²) in [4.78, 5) is 4.12. The van der Waals surface area contributed by atoms with Crippen molar-refractivity contribution in [3.63, 3.8) is 0 Å². The standard InChI is InChI=1S/C15H18N2O2/c1-2-17-10-16-8-12(17)9-19-13-4-5-14-11(7-13)3-6-15(14)18/h4-5,7-8,10,15,18H,2-3,6,9H2,1H3/t15-/m0/s1. The Bertz CT molecular complexity index is 577. The number of hydrogen-bond donors (Lipinski definition) is 1. The molecule has 0 amide bonds. The zero-order valence-corrected chi connectivity index (χ0v) is 11.0. The number of rotatable bonds is 4. The normalized spacial score (nSPS) is 17.5. The van der Waals surface area contributed by atoms with Gasteiger partial charge in [-0.2, -0.15) is 0 Å². The average Bonchev–Trinajstić information content (AvgIpc) is 3.03. The summed E-state index contributed by atoms with van der Waals surface area (Å²) in [5.74, 6) is 0.858. The summed E-state index contributed by atoms with van der Waals surface area (Å²) in [6.07, 6.45) is 5.10. The lowest BCUT2D eigenvalue weighted by Gasteiger charge is -2.10. The molecule has 0 fully saturated rings. The maximum atomic E-state index is 9.77. The SMILES string of the molecule is CCn1cncc1COc1ccc2c(c1)CC[C@@H]2O. The first-order chi connectivity index (χ1) is 9.28. The average molecular weight is 258 g/mol. The summed E-state index contributed by atoms with van der Waals surface area (Å²) >= 11 is 0. The van der Waals surface area contributed by atoms with Gasteiger partial charge in [0.15, 0.2) is 0 Å². The van der Waals surface area contributed by atoms with Crippen molar-refractivity contribution >= 4 is 0 Å². The van der Waals surface area contributed by atoms with Crippen molar-refractivity contribution in [1.29, 1.82) is 0 Å². The van der Waals surface area contributed by atoms with Gasteiger partial charge in [-0.1, -0.05) is 6.07 Å². The van der Waals surface area contributed by atoms with Crippen LogP contribution in [0.2, 0.25) is 0 Å². The van der Waals surface area contributed by atoms with Gasteiger partial charge in [0, 0.05) is 6.54 Å². The van der Waals surface area contributed by atoms with Gasteiger partial charge in [0.2, 0.25) is 0 Å². The molecule has 3 rings (SSSR count). The first kappa shape index (κ1) is 12.2. The van der Waals surface area contributed by atoms with E-state index in [9.17, 15) is 5.11 Å². The highest BCUT2D eigenvalue weighted by Gasteiger charge is 2.20. The van der Waals surface area contributed by atoms with Crippen LogP contribution in [0.25, 0.3) is 0 Å². The van der Waals surface area contributed by atoms with E-state index < -0.39 is 0 Å². The summed E-state index contributed by atoms with van der Waals surface area (Å²) in [5, 5.41) is 9.77. The number of fused-ring (bicyclic) bond motifs is 1. The predicted molar refractivity (Wildman–Crippen MR) is 72.0 cm³/mol. The van der Waals surface area contributed by atoms with E-state index in [1.165, 1.54) is 5.56 Å². The zero-order chi connectivity index (χ0) is 13.2. The molecule has 1 aromatic carbocycles. The molecule has 1 N–H and O–H groups in total. The lowest BCUT2D eigenvalue weighted by atomic mass is 10.1. The van der Waals surface area contributed by atoms with Gasteiger partial charge in [0.25, 0.3) is 0 Å². The fourth-order valence-electron chi connectivity index (χ4n) is 2.57. The predicted octanol–water partition coefficient (Wildman–Crippen LogP) is 2.46. The Morgan fingerprint density at radius 2 is 2.37 bits per heavy atom. The number of benzene rings is 1. The topological polar surface area (TPSA) is 47.3 Å². The summed E-state index contributed by atoms with van der Waals surface area (Å²) < 4.78 is 7.88. The van der Waals surface area contributed by atoms with Gasteiger partial charge in [-0.15, -0.1) is 0 Å². The number of aliphatic hydroxyl groups excluding tert-OH is 1. The van der Waals surface area contributed by atoms with E-state index in [0.717, 1.165) is 36.4 Å². The molecule has 0 radical (unpaired) electrons. The van der Waals surface area contributed by atoms with Crippen molar-refractivity contribution in [1.82, 2.24) is 9.55 Å². The van der Waals surface area contributed by atoms with Crippen LogP contribution in [0, 0.1) is 0 Å². The van der Waals surface area contributed by atoms with Gasteiger partial charge in [-0.25, -0.2) is 4.98 Å². The summed E-state index contributed by atoms with van der Waals surface area (Å²) in [7, 11) is 0. The molecule has 1 heterocycles. The molecule has 0 saturated heterocycles. The largest absolute Gasteiger partial charge is 0.487 e. The fourth-order valence-corrected chi connectivity index (χ4v) is 2.57. The van der Waals surface area contributed by atoms with Crippen molar-refractivity contribution in [2.45, 2.75) is 39.0 Å². The molecule has 1 atom stereocenters. The van der Waals surface area contributed by atoms with E-state index >= 15 is 0 Å². The maximum Gasteiger partial charge on any atom is 0.130 e. The highest BCUT2D eigenvalue weighted by atomic mass is 16.5. The Kier molecular flexibility index (Phi) is 3.25. The van der Waals surface area contributed by atoms with Crippen molar-refractivity contribution in [2.75, 3.05) is 0 Å². The highest BCUT2D eigenvalue weighted by molar-refractivity contribution is 5.39. The van der Waals surface area contributed by atoms with Crippen molar-refractivity contribution in [3.8, 4) is 5.75 Å². The number of imidazole rings is 1. The van der Waals surface area contributed by atoms with Crippen LogP contribution in [0.4, 0.5) is 0 Å². The van der Waals surface area contributed by atoms with Crippen LogP contribution in [-0.2, 0) is 19.6 Å². The van der Waals surface area contributed by atoms with E-state index in [-0.39, 0.29) is 6.10 Å². The molecule has 1 aromatic heterocycles. The molecule has 4 nitrogen and oxygen atoms in total. The molecule has 1 aliphatic carbocycles. The van der Waals surface area contributed by atoms with Crippen molar-refractivity contribution in [3.05, 3.63) is 47.5 Å². The van der Waals surface area contributed by atoms with E-state index in [1.807, 2.05) is 30.7 Å². The van der Waals surface area contributed by atoms with E-state index in [1.54, 1.807) is 0 Å². The van der Waals surface area contributed by atoms with Crippen LogP contribution < -0.4 is 4.74 Å². The Labute approximate surface area is 112 Å². The van der Waals surface area contributed by atoms with Gasteiger partial charge in [-0.3, -0.25) is 0 Å². The van der Waals surface area contributed by atoms with E-state index in [4.69, 9.17) is 4.74 Å². The Morgan fingerprint density at radius 3 is 3.21 bits per heavy atom. The smallest absolute Gasteiger partial charge is 0.130 e. The van der Waals surface area contributed by atoms with Gasteiger partial charge in [0.1, 0.15) is 12.4 Å². The molecule has 0 saturated carbocycles. The minimum absolute atomic E-state index is 0.300. The quantitative estimate of drug-likeness (QED) is 0.916. The first-order valence-electron chi connectivity index (χ1n) is 6.70. The molecule has 0 spiro atoms. The second-order valence-corrected chi connectivity index (χ2v) is 4.87. The number of nitrogens with zero attached hydrogens (tertiary/aromatic N) is 2. The molecule has 1 aliphatic rings. The monoisotopic (exact) mass is 258 g/mol. The highest BCUT2D eigenvalue weighted by Crippen LogP contribution is 2.33. The summed E-state index contributed by atoms with van der Waals surface area (Å²) in [5.41, 5.74) is 3.32. The van der Waals surface area contributed by atoms with Crippen molar-refractivity contribution < 1.29 is 9.84 Å². The van der Waals surface area contributed by atoms with E-state index in [0.29, 0.717) is 6.61 Å². The van der Waals surface area contributed by atoms with Gasteiger partial charge >= 0.3 is 0 Å². The number of aromatic nitrogens is 2. The molecule has 0 unspecified atom stereocenters. The van der Waals surface area contributed by atoms with Crippen LogP contribution in [0.15, 0.2) is 30.7 Å². The molecular formula is C15H18N2O2. The molecule has 100 valence electrons. The van der Waals surface area contributed by atoms with Gasteiger partial charge in [0.05, 0.1) is 24.3 Å². The lowest BCUT2D eigenvalue weighted by Crippen LogP contribution is -2.04. The third-order valence-electron chi connectivity index (χ3n) is 3.69. The minimum atomic E-state index is -0.300. The Hall–Kier alpha value is -1.81.